The maximum absolute atomic E-state index is 11.0. The quantitative estimate of drug-likeness (QED) is 0.822. The minimum atomic E-state index is -0.973. The second kappa shape index (κ2) is 6.23. The Morgan fingerprint density at radius 3 is 2.75 bits per heavy atom. The van der Waals surface area contributed by atoms with Crippen molar-refractivity contribution >= 4 is 5.97 Å². The van der Waals surface area contributed by atoms with Crippen molar-refractivity contribution in [1.82, 2.24) is 9.78 Å². The van der Waals surface area contributed by atoms with Crippen LogP contribution >= 0.6 is 0 Å². The van der Waals surface area contributed by atoms with E-state index in [0.29, 0.717) is 12.4 Å². The lowest BCUT2D eigenvalue weighted by Gasteiger charge is -2.09. The van der Waals surface area contributed by atoms with Crippen LogP contribution in [0.4, 0.5) is 0 Å². The molecule has 0 spiro atoms. The number of benzene rings is 1. The van der Waals surface area contributed by atoms with Crippen molar-refractivity contribution in [3.63, 3.8) is 0 Å². The minimum absolute atomic E-state index is 0.193. The van der Waals surface area contributed by atoms with Gasteiger partial charge in [-0.15, -0.1) is 0 Å². The molecule has 0 aliphatic carbocycles. The molecule has 1 heterocycles. The molecule has 2 rings (SSSR count). The summed E-state index contributed by atoms with van der Waals surface area (Å²) in [4.78, 5) is 11.0. The lowest BCUT2D eigenvalue weighted by Crippen LogP contribution is -2.09. The number of ether oxygens (including phenoxy) is 1. The summed E-state index contributed by atoms with van der Waals surface area (Å²) >= 11 is 0. The first kappa shape index (κ1) is 14.1. The average Bonchev–Trinajstić information content (AvgIpc) is 2.73. The highest BCUT2D eigenvalue weighted by Crippen LogP contribution is 2.18. The van der Waals surface area contributed by atoms with Crippen LogP contribution in [0.1, 0.15) is 28.2 Å². The van der Waals surface area contributed by atoms with Gasteiger partial charge in [-0.2, -0.15) is 5.10 Å². The molecule has 0 aliphatic rings. The summed E-state index contributed by atoms with van der Waals surface area (Å²) in [5, 5.41) is 13.4. The molecule has 0 unspecified atom stereocenters. The van der Waals surface area contributed by atoms with Crippen molar-refractivity contribution in [1.29, 1.82) is 0 Å². The van der Waals surface area contributed by atoms with Crippen molar-refractivity contribution in [3.8, 4) is 5.75 Å². The molecule has 0 saturated carbocycles. The monoisotopic (exact) mass is 274 g/mol. The maximum Gasteiger partial charge on any atom is 0.339 e. The molecular weight excluding hydrogens is 256 g/mol. The van der Waals surface area contributed by atoms with Gasteiger partial charge in [0, 0.05) is 18.7 Å². The molecule has 20 heavy (non-hydrogen) atoms. The summed E-state index contributed by atoms with van der Waals surface area (Å²) in [6, 6.07) is 8.70. The average molecular weight is 274 g/mol. The number of rotatable bonds is 6. The van der Waals surface area contributed by atoms with E-state index in [9.17, 15) is 4.79 Å². The number of nitrogens with zero attached hydrogens (tertiary/aromatic N) is 2. The Labute approximate surface area is 117 Å². The first-order valence-electron chi connectivity index (χ1n) is 6.54. The van der Waals surface area contributed by atoms with Crippen molar-refractivity contribution < 1.29 is 14.6 Å². The fraction of sp³-hybridized carbons (Fsp3) is 0.333. The largest absolute Gasteiger partial charge is 0.493 e. The van der Waals surface area contributed by atoms with Crippen LogP contribution in [0.25, 0.3) is 0 Å². The Hall–Kier alpha value is -2.30. The Kier molecular flexibility index (Phi) is 4.40. The Bertz CT molecular complexity index is 605. The Balaban J connectivity index is 1.88. The zero-order chi connectivity index (χ0) is 14.5. The molecule has 1 aromatic heterocycles. The summed E-state index contributed by atoms with van der Waals surface area (Å²) in [7, 11) is 0. The summed E-state index contributed by atoms with van der Waals surface area (Å²) < 4.78 is 7.48. The number of carboxylic acids is 1. The number of carboxylic acid groups (broad SMARTS) is 1. The summed E-state index contributed by atoms with van der Waals surface area (Å²) in [5.41, 5.74) is 2.31. The fourth-order valence-electron chi connectivity index (χ4n) is 2.07. The van der Waals surface area contributed by atoms with E-state index >= 15 is 0 Å². The van der Waals surface area contributed by atoms with E-state index < -0.39 is 5.97 Å². The molecule has 0 bridgehead atoms. The molecular formula is C15H18N2O3. The Morgan fingerprint density at radius 2 is 2.10 bits per heavy atom. The van der Waals surface area contributed by atoms with Crippen LogP contribution in [-0.2, 0) is 6.54 Å². The number of aryl methyl sites for hydroxylation is 3. The molecule has 0 amide bonds. The maximum atomic E-state index is 11.0. The predicted molar refractivity (Wildman–Crippen MR) is 75.2 cm³/mol. The number of carbonyl (C=O) groups is 1. The topological polar surface area (TPSA) is 64.3 Å². The number of aromatic nitrogens is 2. The van der Waals surface area contributed by atoms with E-state index in [1.165, 1.54) is 0 Å². The van der Waals surface area contributed by atoms with Crippen molar-refractivity contribution in [2.45, 2.75) is 26.8 Å². The third-order valence-electron chi connectivity index (χ3n) is 2.99. The molecule has 0 atom stereocenters. The summed E-state index contributed by atoms with van der Waals surface area (Å²) in [6.07, 6.45) is 0.774. The highest BCUT2D eigenvalue weighted by Gasteiger charge is 2.09. The standard InChI is InChI=1S/C15H18N2O3/c1-11-10-12(2)17(16-11)8-5-9-20-14-7-4-3-6-13(14)15(18)19/h3-4,6-7,10H,5,8-9H2,1-2H3,(H,18,19). The van der Waals surface area contributed by atoms with Crippen LogP contribution < -0.4 is 4.74 Å². The zero-order valence-corrected chi connectivity index (χ0v) is 11.7. The highest BCUT2D eigenvalue weighted by molar-refractivity contribution is 5.90. The van der Waals surface area contributed by atoms with Gasteiger partial charge in [-0.25, -0.2) is 4.79 Å². The first-order chi connectivity index (χ1) is 9.58. The molecule has 2 aromatic rings. The van der Waals surface area contributed by atoms with Crippen molar-refractivity contribution in [2.75, 3.05) is 6.61 Å². The van der Waals surface area contributed by atoms with Crippen LogP contribution in [0.5, 0.6) is 5.75 Å². The molecule has 1 aromatic carbocycles. The van der Waals surface area contributed by atoms with E-state index in [2.05, 4.69) is 5.10 Å². The van der Waals surface area contributed by atoms with E-state index in [1.54, 1.807) is 24.3 Å². The normalized spacial score (nSPS) is 10.5. The summed E-state index contributed by atoms with van der Waals surface area (Å²) in [5.74, 6) is -0.562. The number of hydrogen-bond acceptors (Lipinski definition) is 3. The third kappa shape index (κ3) is 3.38. The van der Waals surface area contributed by atoms with E-state index in [0.717, 1.165) is 24.4 Å². The first-order valence-corrected chi connectivity index (χ1v) is 6.54. The molecule has 106 valence electrons. The smallest absolute Gasteiger partial charge is 0.339 e. The van der Waals surface area contributed by atoms with Crippen LogP contribution in [0, 0.1) is 13.8 Å². The van der Waals surface area contributed by atoms with Crippen LogP contribution in [-0.4, -0.2) is 27.5 Å². The number of para-hydroxylation sites is 1. The van der Waals surface area contributed by atoms with Gasteiger partial charge in [0.2, 0.25) is 0 Å². The summed E-state index contributed by atoms with van der Waals surface area (Å²) in [6.45, 7) is 5.20. The second-order valence-electron chi connectivity index (χ2n) is 4.65. The van der Waals surface area contributed by atoms with E-state index in [-0.39, 0.29) is 5.56 Å². The molecule has 5 nitrogen and oxygen atoms in total. The van der Waals surface area contributed by atoms with Gasteiger partial charge < -0.3 is 9.84 Å². The SMILES string of the molecule is Cc1cc(C)n(CCCOc2ccccc2C(=O)O)n1. The molecule has 0 fully saturated rings. The van der Waals surface area contributed by atoms with Crippen LogP contribution in [0.2, 0.25) is 0 Å². The second-order valence-corrected chi connectivity index (χ2v) is 4.65. The van der Waals surface area contributed by atoms with Crippen molar-refractivity contribution in [2.24, 2.45) is 0 Å². The molecule has 0 saturated heterocycles. The molecule has 1 N–H and O–H groups in total. The molecule has 0 aliphatic heterocycles. The zero-order valence-electron chi connectivity index (χ0n) is 11.7. The van der Waals surface area contributed by atoms with Crippen molar-refractivity contribution in [3.05, 3.63) is 47.3 Å². The Morgan fingerprint density at radius 1 is 1.35 bits per heavy atom. The van der Waals surface area contributed by atoms with Gasteiger partial charge in [-0.3, -0.25) is 4.68 Å². The van der Waals surface area contributed by atoms with Gasteiger partial charge in [0.1, 0.15) is 11.3 Å². The van der Waals surface area contributed by atoms with Crippen LogP contribution in [0.3, 0.4) is 0 Å². The third-order valence-corrected chi connectivity index (χ3v) is 2.99. The minimum Gasteiger partial charge on any atom is -0.493 e. The number of hydrogen-bond donors (Lipinski definition) is 1. The van der Waals surface area contributed by atoms with Gasteiger partial charge >= 0.3 is 5.97 Å². The van der Waals surface area contributed by atoms with Gasteiger partial charge in [0.05, 0.1) is 12.3 Å². The predicted octanol–water partition coefficient (Wildman–Crippen LogP) is 2.67. The van der Waals surface area contributed by atoms with Gasteiger partial charge in [-0.1, -0.05) is 12.1 Å². The lowest BCUT2D eigenvalue weighted by atomic mass is 10.2. The lowest BCUT2D eigenvalue weighted by molar-refractivity contribution is 0.0692. The van der Waals surface area contributed by atoms with E-state index in [4.69, 9.17) is 9.84 Å². The van der Waals surface area contributed by atoms with Gasteiger partial charge in [0.25, 0.3) is 0 Å². The van der Waals surface area contributed by atoms with Gasteiger partial charge in [-0.05, 0) is 32.0 Å². The van der Waals surface area contributed by atoms with Crippen LogP contribution in [0.15, 0.2) is 30.3 Å². The fourth-order valence-corrected chi connectivity index (χ4v) is 2.07. The van der Waals surface area contributed by atoms with Gasteiger partial charge in [0.15, 0.2) is 0 Å². The highest BCUT2D eigenvalue weighted by atomic mass is 16.5. The van der Waals surface area contributed by atoms with E-state index in [1.807, 2.05) is 24.6 Å². The number of aromatic carboxylic acids is 1. The molecule has 5 heteroatoms. The molecule has 0 radical (unpaired) electrons.